The Balaban J connectivity index is 1.85. The van der Waals surface area contributed by atoms with Crippen molar-refractivity contribution in [1.82, 2.24) is 20.2 Å². The number of hydrogen-bond donors (Lipinski definition) is 2. The first-order valence-corrected chi connectivity index (χ1v) is 6.82. The molecular formula is C14H14N4O4. The van der Waals surface area contributed by atoms with Crippen LogP contribution in [0.25, 0.3) is 11.1 Å². The van der Waals surface area contributed by atoms with Crippen LogP contribution in [0.1, 0.15) is 42.0 Å². The fraction of sp³-hybridized carbons (Fsp3) is 0.286. The first kappa shape index (κ1) is 14.1. The maximum atomic E-state index is 12.3. The van der Waals surface area contributed by atoms with Crippen molar-refractivity contribution in [3.8, 4) is 0 Å². The van der Waals surface area contributed by atoms with Gasteiger partial charge in [0, 0.05) is 6.42 Å². The molecule has 114 valence electrons. The summed E-state index contributed by atoms with van der Waals surface area (Å²) >= 11 is 0. The van der Waals surface area contributed by atoms with E-state index in [1.807, 2.05) is 6.92 Å². The number of esters is 1. The van der Waals surface area contributed by atoms with Crippen LogP contribution in [0.2, 0.25) is 0 Å². The quantitative estimate of drug-likeness (QED) is 0.709. The molecule has 8 heteroatoms. The van der Waals surface area contributed by atoms with Crippen LogP contribution in [-0.2, 0) is 11.2 Å². The van der Waals surface area contributed by atoms with Gasteiger partial charge in [-0.1, -0.05) is 13.0 Å². The second-order valence-electron chi connectivity index (χ2n) is 4.74. The molecule has 1 unspecified atom stereocenters. The summed E-state index contributed by atoms with van der Waals surface area (Å²) in [5, 5.41) is 6.77. The predicted octanol–water partition coefficient (Wildman–Crippen LogP) is 1.72. The molecular weight excluding hydrogens is 288 g/mol. The summed E-state index contributed by atoms with van der Waals surface area (Å²) in [5.74, 6) is -0.113. The van der Waals surface area contributed by atoms with E-state index >= 15 is 0 Å². The van der Waals surface area contributed by atoms with E-state index in [1.165, 1.54) is 6.07 Å². The Hall–Kier alpha value is -2.90. The number of fused-ring (bicyclic) bond motifs is 1. The Morgan fingerprint density at radius 1 is 1.45 bits per heavy atom. The maximum absolute atomic E-state index is 12.3. The van der Waals surface area contributed by atoms with Crippen LogP contribution in [0.3, 0.4) is 0 Å². The average molecular weight is 302 g/mol. The fourth-order valence-electron chi connectivity index (χ4n) is 2.06. The number of nitrogens with zero attached hydrogens (tertiary/aromatic N) is 2. The van der Waals surface area contributed by atoms with Crippen LogP contribution in [0.15, 0.2) is 27.4 Å². The van der Waals surface area contributed by atoms with Gasteiger partial charge in [0.2, 0.25) is 0 Å². The van der Waals surface area contributed by atoms with Crippen molar-refractivity contribution in [2.75, 3.05) is 0 Å². The Kier molecular flexibility index (Phi) is 3.50. The van der Waals surface area contributed by atoms with E-state index in [0.717, 1.165) is 5.82 Å². The molecule has 0 aliphatic rings. The molecule has 0 saturated heterocycles. The summed E-state index contributed by atoms with van der Waals surface area (Å²) < 4.78 is 10.3. The highest BCUT2D eigenvalue weighted by Gasteiger charge is 2.20. The number of rotatable bonds is 4. The molecule has 3 aromatic rings. The van der Waals surface area contributed by atoms with Crippen LogP contribution in [-0.4, -0.2) is 26.1 Å². The zero-order valence-electron chi connectivity index (χ0n) is 12.0. The number of H-pyrrole nitrogens is 2. The van der Waals surface area contributed by atoms with Crippen molar-refractivity contribution in [3.63, 3.8) is 0 Å². The van der Waals surface area contributed by atoms with Crippen molar-refractivity contribution in [2.45, 2.75) is 26.4 Å². The summed E-state index contributed by atoms with van der Waals surface area (Å²) in [6, 6.07) is 4.81. The molecule has 8 nitrogen and oxygen atoms in total. The van der Waals surface area contributed by atoms with E-state index in [9.17, 15) is 9.59 Å². The van der Waals surface area contributed by atoms with E-state index in [0.29, 0.717) is 17.8 Å². The third-order valence-corrected chi connectivity index (χ3v) is 3.20. The number of oxazole rings is 1. The number of hydrogen-bond acceptors (Lipinski definition) is 6. The lowest BCUT2D eigenvalue weighted by Crippen LogP contribution is -2.10. The summed E-state index contributed by atoms with van der Waals surface area (Å²) in [4.78, 5) is 30.2. The molecule has 0 saturated carbocycles. The first-order chi connectivity index (χ1) is 10.6. The molecule has 1 atom stereocenters. The number of aryl methyl sites for hydroxylation is 1. The highest BCUT2D eigenvalue weighted by molar-refractivity contribution is 6.00. The van der Waals surface area contributed by atoms with Gasteiger partial charge in [-0.25, -0.2) is 14.6 Å². The SMILES string of the molecule is CCc1nc(C(C)OC(=O)c2cccc3[nH]c(=O)oc23)n[nH]1. The second-order valence-corrected chi connectivity index (χ2v) is 4.74. The molecule has 0 spiro atoms. The van der Waals surface area contributed by atoms with Crippen molar-refractivity contribution in [3.05, 3.63) is 46.0 Å². The lowest BCUT2D eigenvalue weighted by molar-refractivity contribution is 0.0321. The highest BCUT2D eigenvalue weighted by Crippen LogP contribution is 2.20. The van der Waals surface area contributed by atoms with Crippen molar-refractivity contribution >= 4 is 17.1 Å². The topological polar surface area (TPSA) is 114 Å². The number of carbonyl (C=O) groups is 1. The summed E-state index contributed by atoms with van der Waals surface area (Å²) in [6.45, 7) is 3.61. The molecule has 2 N–H and O–H groups in total. The third-order valence-electron chi connectivity index (χ3n) is 3.20. The van der Waals surface area contributed by atoms with Gasteiger partial charge in [0.05, 0.1) is 5.52 Å². The zero-order valence-corrected chi connectivity index (χ0v) is 12.0. The number of ether oxygens (including phenoxy) is 1. The molecule has 2 heterocycles. The van der Waals surface area contributed by atoms with Crippen LogP contribution < -0.4 is 5.76 Å². The second kappa shape index (κ2) is 5.47. The number of benzene rings is 1. The smallest absolute Gasteiger partial charge is 0.417 e. The van der Waals surface area contributed by atoms with E-state index in [4.69, 9.17) is 9.15 Å². The molecule has 0 amide bonds. The van der Waals surface area contributed by atoms with Crippen LogP contribution in [0.5, 0.6) is 0 Å². The Morgan fingerprint density at radius 3 is 3.00 bits per heavy atom. The van der Waals surface area contributed by atoms with Crippen LogP contribution in [0.4, 0.5) is 0 Å². The van der Waals surface area contributed by atoms with Gasteiger partial charge in [0.15, 0.2) is 17.5 Å². The molecule has 3 rings (SSSR count). The maximum Gasteiger partial charge on any atom is 0.417 e. The number of aromatic amines is 2. The van der Waals surface area contributed by atoms with Gasteiger partial charge in [0.1, 0.15) is 11.4 Å². The molecule has 0 fully saturated rings. The number of nitrogens with one attached hydrogen (secondary N) is 2. The molecule has 22 heavy (non-hydrogen) atoms. The van der Waals surface area contributed by atoms with E-state index in [1.54, 1.807) is 19.1 Å². The lowest BCUT2D eigenvalue weighted by atomic mass is 10.2. The van der Waals surface area contributed by atoms with Gasteiger partial charge in [-0.15, -0.1) is 0 Å². The predicted molar refractivity (Wildman–Crippen MR) is 76.4 cm³/mol. The molecule has 0 aliphatic carbocycles. The Labute approximate surface area is 124 Å². The molecule has 0 radical (unpaired) electrons. The normalized spacial score (nSPS) is 12.5. The van der Waals surface area contributed by atoms with Crippen molar-refractivity contribution in [2.24, 2.45) is 0 Å². The average Bonchev–Trinajstić information content (AvgIpc) is 3.11. The summed E-state index contributed by atoms with van der Waals surface area (Å²) in [7, 11) is 0. The van der Waals surface area contributed by atoms with Crippen molar-refractivity contribution in [1.29, 1.82) is 0 Å². The highest BCUT2D eigenvalue weighted by atomic mass is 16.5. The first-order valence-electron chi connectivity index (χ1n) is 6.82. The van der Waals surface area contributed by atoms with E-state index in [-0.39, 0.29) is 11.1 Å². The minimum absolute atomic E-state index is 0.175. The number of para-hydroxylation sites is 1. The van der Waals surface area contributed by atoms with Crippen molar-refractivity contribution < 1.29 is 13.9 Å². The fourth-order valence-corrected chi connectivity index (χ4v) is 2.06. The monoisotopic (exact) mass is 302 g/mol. The van der Waals surface area contributed by atoms with E-state index < -0.39 is 17.8 Å². The number of aromatic nitrogens is 4. The summed E-state index contributed by atoms with van der Waals surface area (Å²) in [6.07, 6.45) is 0.0894. The Bertz CT molecular complexity index is 876. The van der Waals surface area contributed by atoms with Gasteiger partial charge in [-0.3, -0.25) is 10.1 Å². The van der Waals surface area contributed by atoms with Gasteiger partial charge < -0.3 is 9.15 Å². The standard InChI is InChI=1S/C14H14N4O4/c1-3-10-16-12(18-17-10)7(2)21-13(19)8-5-4-6-9-11(8)22-14(20)15-9/h4-7H,3H2,1-2H3,(H,15,20)(H,16,17,18). The number of carbonyl (C=O) groups excluding carboxylic acids is 1. The minimum atomic E-state index is -0.621. The molecule has 2 aromatic heterocycles. The third kappa shape index (κ3) is 2.50. The molecule has 0 aliphatic heterocycles. The van der Waals surface area contributed by atoms with Gasteiger partial charge in [0.25, 0.3) is 0 Å². The Morgan fingerprint density at radius 2 is 2.27 bits per heavy atom. The summed E-state index contributed by atoms with van der Waals surface area (Å²) in [5.41, 5.74) is 0.793. The zero-order chi connectivity index (χ0) is 15.7. The largest absolute Gasteiger partial charge is 0.451 e. The lowest BCUT2D eigenvalue weighted by Gasteiger charge is -2.09. The van der Waals surface area contributed by atoms with Crippen LogP contribution in [0, 0.1) is 0 Å². The van der Waals surface area contributed by atoms with Gasteiger partial charge >= 0.3 is 11.7 Å². The van der Waals surface area contributed by atoms with Gasteiger partial charge in [-0.05, 0) is 19.1 Å². The van der Waals surface area contributed by atoms with E-state index in [2.05, 4.69) is 20.2 Å². The van der Waals surface area contributed by atoms with Crippen LogP contribution >= 0.6 is 0 Å². The van der Waals surface area contributed by atoms with Gasteiger partial charge in [-0.2, -0.15) is 5.10 Å². The molecule has 1 aromatic carbocycles. The molecule has 0 bridgehead atoms. The minimum Gasteiger partial charge on any atom is -0.451 e.